The number of carbonyl (C=O) groups is 1. The van der Waals surface area contributed by atoms with Crippen LogP contribution in [0.4, 0.5) is 0 Å². The number of nitrogens with one attached hydrogen (secondary N) is 1. The highest BCUT2D eigenvalue weighted by atomic mass is 16.5. The van der Waals surface area contributed by atoms with Gasteiger partial charge in [0.15, 0.2) is 11.5 Å². The van der Waals surface area contributed by atoms with Gasteiger partial charge in [-0.2, -0.15) is 0 Å². The Hall–Kier alpha value is -3.02. The molecule has 0 bridgehead atoms. The number of rotatable bonds is 5. The van der Waals surface area contributed by atoms with Crippen LogP contribution in [-0.2, 0) is 6.42 Å². The molecule has 3 aromatic rings. The first-order valence-corrected chi connectivity index (χ1v) is 6.87. The van der Waals surface area contributed by atoms with Gasteiger partial charge in [-0.05, 0) is 12.0 Å². The topological polar surface area (TPSA) is 80.9 Å². The molecule has 0 unspecified atom stereocenters. The summed E-state index contributed by atoms with van der Waals surface area (Å²) >= 11 is 0. The molecule has 0 spiro atoms. The van der Waals surface area contributed by atoms with Gasteiger partial charge in [0.1, 0.15) is 6.33 Å². The van der Waals surface area contributed by atoms with Gasteiger partial charge in [0.05, 0.1) is 0 Å². The average molecular weight is 294 g/mol. The first-order valence-electron chi connectivity index (χ1n) is 6.87. The smallest absolute Gasteiger partial charge is 0.273 e. The third kappa shape index (κ3) is 3.35. The fraction of sp³-hybridized carbons (Fsp3) is 0.125. The van der Waals surface area contributed by atoms with E-state index in [4.69, 9.17) is 4.52 Å². The molecule has 0 aliphatic heterocycles. The van der Waals surface area contributed by atoms with Gasteiger partial charge in [-0.3, -0.25) is 4.79 Å². The molecule has 0 saturated carbocycles. The zero-order chi connectivity index (χ0) is 15.2. The molecule has 6 nitrogen and oxygen atoms in total. The van der Waals surface area contributed by atoms with Crippen molar-refractivity contribution in [2.45, 2.75) is 6.42 Å². The lowest BCUT2D eigenvalue weighted by Gasteiger charge is -2.01. The van der Waals surface area contributed by atoms with Crippen molar-refractivity contribution in [1.29, 1.82) is 0 Å². The summed E-state index contributed by atoms with van der Waals surface area (Å²) in [5.74, 6) is 0.310. The number of hydrogen-bond acceptors (Lipinski definition) is 5. The Labute approximate surface area is 127 Å². The summed E-state index contributed by atoms with van der Waals surface area (Å²) in [6, 6.07) is 11.2. The SMILES string of the molecule is O=C(NCCc1cncnc1)c1cc(-c2ccccc2)on1. The first kappa shape index (κ1) is 13.9. The van der Waals surface area contributed by atoms with Crippen molar-refractivity contribution in [3.63, 3.8) is 0 Å². The summed E-state index contributed by atoms with van der Waals surface area (Å²) in [5, 5.41) is 6.60. The van der Waals surface area contributed by atoms with Crippen molar-refractivity contribution in [3.8, 4) is 11.3 Å². The van der Waals surface area contributed by atoms with Crippen LogP contribution in [0.3, 0.4) is 0 Å². The summed E-state index contributed by atoms with van der Waals surface area (Å²) in [6.07, 6.45) is 5.59. The summed E-state index contributed by atoms with van der Waals surface area (Å²) < 4.78 is 5.21. The highest BCUT2D eigenvalue weighted by Gasteiger charge is 2.13. The number of nitrogens with zero attached hydrogens (tertiary/aromatic N) is 3. The van der Waals surface area contributed by atoms with Crippen molar-refractivity contribution >= 4 is 5.91 Å². The quantitative estimate of drug-likeness (QED) is 0.779. The number of hydrogen-bond donors (Lipinski definition) is 1. The fourth-order valence-corrected chi connectivity index (χ4v) is 1.99. The maximum absolute atomic E-state index is 12.0. The molecule has 2 heterocycles. The molecule has 0 aliphatic rings. The van der Waals surface area contributed by atoms with Crippen molar-refractivity contribution in [2.75, 3.05) is 6.54 Å². The molecule has 3 rings (SSSR count). The van der Waals surface area contributed by atoms with Crippen LogP contribution in [0.2, 0.25) is 0 Å². The van der Waals surface area contributed by atoms with Crippen molar-refractivity contribution in [1.82, 2.24) is 20.4 Å². The Balaban J connectivity index is 1.58. The Morgan fingerprint density at radius 3 is 2.68 bits per heavy atom. The lowest BCUT2D eigenvalue weighted by Crippen LogP contribution is -2.25. The molecule has 0 atom stereocenters. The molecule has 0 aliphatic carbocycles. The van der Waals surface area contributed by atoms with E-state index in [-0.39, 0.29) is 11.6 Å². The maximum Gasteiger partial charge on any atom is 0.273 e. The number of benzene rings is 1. The van der Waals surface area contributed by atoms with Crippen molar-refractivity contribution < 1.29 is 9.32 Å². The number of aromatic nitrogens is 3. The van der Waals surface area contributed by atoms with Gasteiger partial charge in [0.25, 0.3) is 5.91 Å². The third-order valence-electron chi connectivity index (χ3n) is 3.11. The van der Waals surface area contributed by atoms with E-state index >= 15 is 0 Å². The highest BCUT2D eigenvalue weighted by molar-refractivity contribution is 5.93. The minimum atomic E-state index is -0.261. The predicted octanol–water partition coefficient (Wildman–Crippen LogP) is 2.10. The van der Waals surface area contributed by atoms with Crippen LogP contribution in [0, 0.1) is 0 Å². The standard InChI is InChI=1S/C16H14N4O2/c21-16(19-7-6-12-9-17-11-18-10-12)14-8-15(22-20-14)13-4-2-1-3-5-13/h1-5,8-11H,6-7H2,(H,19,21). The average Bonchev–Trinajstić information content (AvgIpc) is 3.07. The summed E-state index contributed by atoms with van der Waals surface area (Å²) in [4.78, 5) is 19.9. The van der Waals surface area contributed by atoms with Gasteiger partial charge in [-0.1, -0.05) is 35.5 Å². The van der Waals surface area contributed by atoms with Gasteiger partial charge in [0, 0.05) is 30.6 Å². The lowest BCUT2D eigenvalue weighted by atomic mass is 10.1. The highest BCUT2D eigenvalue weighted by Crippen LogP contribution is 2.19. The van der Waals surface area contributed by atoms with Gasteiger partial charge in [-0.15, -0.1) is 0 Å². The van der Waals surface area contributed by atoms with Crippen LogP contribution in [0.25, 0.3) is 11.3 Å². The van der Waals surface area contributed by atoms with Gasteiger partial charge >= 0.3 is 0 Å². The molecule has 1 amide bonds. The van der Waals surface area contributed by atoms with E-state index in [9.17, 15) is 4.79 Å². The molecule has 0 fully saturated rings. The van der Waals surface area contributed by atoms with Crippen molar-refractivity contribution in [2.24, 2.45) is 0 Å². The molecule has 6 heteroatoms. The van der Waals surface area contributed by atoms with E-state index < -0.39 is 0 Å². The van der Waals surface area contributed by atoms with E-state index in [2.05, 4.69) is 20.4 Å². The second kappa shape index (κ2) is 6.62. The minimum Gasteiger partial charge on any atom is -0.355 e. The molecule has 0 radical (unpaired) electrons. The van der Waals surface area contributed by atoms with Gasteiger partial charge in [0.2, 0.25) is 0 Å². The maximum atomic E-state index is 12.0. The Morgan fingerprint density at radius 2 is 1.91 bits per heavy atom. The Bertz CT molecular complexity index is 741. The van der Waals surface area contributed by atoms with Crippen LogP contribution in [0.1, 0.15) is 16.1 Å². The molecule has 0 saturated heterocycles. The zero-order valence-electron chi connectivity index (χ0n) is 11.8. The van der Waals surface area contributed by atoms with Gasteiger partial charge in [-0.25, -0.2) is 9.97 Å². The molecule has 22 heavy (non-hydrogen) atoms. The fourth-order valence-electron chi connectivity index (χ4n) is 1.99. The molecular weight excluding hydrogens is 280 g/mol. The lowest BCUT2D eigenvalue weighted by molar-refractivity contribution is 0.0945. The van der Waals surface area contributed by atoms with E-state index in [0.717, 1.165) is 11.1 Å². The second-order valence-corrected chi connectivity index (χ2v) is 4.70. The van der Waals surface area contributed by atoms with Crippen LogP contribution in [0.15, 0.2) is 59.6 Å². The second-order valence-electron chi connectivity index (χ2n) is 4.70. The monoisotopic (exact) mass is 294 g/mol. The Kier molecular flexibility index (Phi) is 4.20. The first-order chi connectivity index (χ1) is 10.8. The van der Waals surface area contributed by atoms with Gasteiger partial charge < -0.3 is 9.84 Å². The van der Waals surface area contributed by atoms with Crippen LogP contribution in [0.5, 0.6) is 0 Å². The molecule has 110 valence electrons. The van der Waals surface area contributed by atoms with Crippen LogP contribution < -0.4 is 5.32 Å². The van der Waals surface area contributed by atoms with E-state index in [0.29, 0.717) is 18.7 Å². The van der Waals surface area contributed by atoms with E-state index in [1.165, 1.54) is 6.33 Å². The summed E-state index contributed by atoms with van der Waals surface area (Å²) in [6.45, 7) is 0.486. The third-order valence-corrected chi connectivity index (χ3v) is 3.11. The molecule has 2 aromatic heterocycles. The summed E-state index contributed by atoms with van der Waals surface area (Å²) in [5.41, 5.74) is 2.12. The summed E-state index contributed by atoms with van der Waals surface area (Å²) in [7, 11) is 0. The van der Waals surface area contributed by atoms with Crippen molar-refractivity contribution in [3.05, 3.63) is 66.4 Å². The predicted molar refractivity (Wildman–Crippen MR) is 80.0 cm³/mol. The molecule has 1 aromatic carbocycles. The molecule has 1 N–H and O–H groups in total. The zero-order valence-corrected chi connectivity index (χ0v) is 11.8. The Morgan fingerprint density at radius 1 is 1.14 bits per heavy atom. The number of carbonyl (C=O) groups excluding carboxylic acids is 1. The van der Waals surface area contributed by atoms with Crippen LogP contribution >= 0.6 is 0 Å². The largest absolute Gasteiger partial charge is 0.355 e. The number of amides is 1. The normalized spacial score (nSPS) is 10.4. The molecular formula is C16H14N4O2. The van der Waals surface area contributed by atoms with Crippen LogP contribution in [-0.4, -0.2) is 27.6 Å². The minimum absolute atomic E-state index is 0.261. The van der Waals surface area contributed by atoms with E-state index in [1.807, 2.05) is 30.3 Å². The van der Waals surface area contributed by atoms with E-state index in [1.54, 1.807) is 18.5 Å².